The van der Waals surface area contributed by atoms with Crippen LogP contribution < -0.4 is 5.32 Å². The van der Waals surface area contributed by atoms with Gasteiger partial charge >= 0.3 is 0 Å². The van der Waals surface area contributed by atoms with Crippen molar-refractivity contribution in [2.24, 2.45) is 5.92 Å². The van der Waals surface area contributed by atoms with E-state index in [9.17, 15) is 15.0 Å². The summed E-state index contributed by atoms with van der Waals surface area (Å²) in [7, 11) is 0. The van der Waals surface area contributed by atoms with Gasteiger partial charge in [-0.05, 0) is 84.0 Å². The third-order valence-electron chi connectivity index (χ3n) is 19.5. The van der Waals surface area contributed by atoms with Gasteiger partial charge in [-0.1, -0.05) is 295 Å². The number of rotatable bonds is 39. The Hall–Kier alpha value is -7.85. The molecule has 3 N–H and O–H groups in total. The van der Waals surface area contributed by atoms with Crippen LogP contribution in [0.1, 0.15) is 118 Å². The van der Waals surface area contributed by atoms with Crippen molar-refractivity contribution in [1.29, 1.82) is 0 Å². The smallest absolute Gasteiger partial charge is 0.220 e. The fourth-order valence-electron chi connectivity index (χ4n) is 13.7. The summed E-state index contributed by atoms with van der Waals surface area (Å²) in [6.45, 7) is 15.5. The standard InChI is InChI=1S/C46H56O7.C45H55NO8/c1-5-39-42(53-46(3,4)52-39)34(2)19-18-28-40-43(48-30-36-22-12-7-13-23-36)45(50-32-38-26-16-9-17-27-38)44(49-31-37-24-14-8-15-25-37)41(51-40)33-47-29-35-20-10-6-11-21-35;1-3-38(47)42(49)37(46-41(48)4-2)26-17-27-39-43(51-29-34-20-11-6-12-21-34)45(53-31-36-24-15-8-16-25-36)44(52-30-35-22-13-7-14-23-35)40(54-39)32-50-28-33-18-9-5-10-19-33/h6-27,34,39-45H,5,28-33H2,1-4H3;5-26,37-40,42-45,47,49H,3-4,27-32H2,1-2H3,(H,46,48)/b19-18+;26-17+/t34-,39+,40+,41?,42-,43?,44-,45-;37-,38+,39+,40?,42-,43?,44-,45-/m00/s1. The van der Waals surface area contributed by atoms with Gasteiger partial charge in [0.05, 0.1) is 103 Å². The predicted octanol–water partition coefficient (Wildman–Crippen LogP) is 15.9. The molecule has 16 heteroatoms. The molecule has 0 aliphatic carbocycles. The van der Waals surface area contributed by atoms with Gasteiger partial charge in [-0.2, -0.15) is 0 Å². The van der Waals surface area contributed by atoms with E-state index >= 15 is 0 Å². The molecule has 3 saturated heterocycles. The van der Waals surface area contributed by atoms with Crippen molar-refractivity contribution in [2.75, 3.05) is 13.2 Å². The number of hydrogen-bond donors (Lipinski definition) is 3. The molecule has 8 aromatic rings. The van der Waals surface area contributed by atoms with E-state index in [1.165, 1.54) is 0 Å². The minimum Gasteiger partial charge on any atom is -0.390 e. The maximum atomic E-state index is 12.4. The first-order valence-electron chi connectivity index (χ1n) is 38.1. The summed E-state index contributed by atoms with van der Waals surface area (Å²) in [6, 6.07) is 80.1. The van der Waals surface area contributed by atoms with Crippen molar-refractivity contribution in [3.63, 3.8) is 0 Å². The Bertz CT molecular complexity index is 3770. The fraction of sp³-hybridized carbons (Fsp3) is 0.418. The number of aliphatic hydroxyl groups is 2. The van der Waals surface area contributed by atoms with Gasteiger partial charge in [0.15, 0.2) is 5.79 Å². The lowest BCUT2D eigenvalue weighted by Gasteiger charge is -2.46. The summed E-state index contributed by atoms with van der Waals surface area (Å²) in [5.74, 6) is -0.680. The van der Waals surface area contributed by atoms with Crippen LogP contribution in [0.15, 0.2) is 267 Å². The predicted molar refractivity (Wildman–Crippen MR) is 415 cm³/mol. The van der Waals surface area contributed by atoms with E-state index in [4.69, 9.17) is 56.8 Å². The Kier molecular flexibility index (Phi) is 33.6. The quantitative estimate of drug-likeness (QED) is 0.0310. The number of ether oxygens (including phenoxy) is 12. The number of aliphatic hydroxyl groups excluding tert-OH is 2. The van der Waals surface area contributed by atoms with Gasteiger partial charge in [0.2, 0.25) is 5.91 Å². The highest BCUT2D eigenvalue weighted by atomic mass is 16.8. The van der Waals surface area contributed by atoms with E-state index in [1.807, 2.05) is 214 Å². The second-order valence-electron chi connectivity index (χ2n) is 28.1. The average Bonchev–Trinajstić information content (AvgIpc) is 1.39. The number of amides is 1. The summed E-state index contributed by atoms with van der Waals surface area (Å²) in [5, 5.41) is 24.3. The van der Waals surface area contributed by atoms with Crippen LogP contribution in [0.3, 0.4) is 0 Å². The normalized spacial score (nSPS) is 23.9. The third kappa shape index (κ3) is 26.2. The van der Waals surface area contributed by atoms with Gasteiger partial charge in [0.1, 0.15) is 54.9 Å². The van der Waals surface area contributed by atoms with Gasteiger partial charge in [0.25, 0.3) is 0 Å². The van der Waals surface area contributed by atoms with E-state index in [0.717, 1.165) is 50.9 Å². The van der Waals surface area contributed by atoms with E-state index in [2.05, 4.69) is 79.8 Å². The molecule has 0 aromatic heterocycles. The number of hydrogen-bond acceptors (Lipinski definition) is 15. The topological polar surface area (TPSA) is 180 Å². The van der Waals surface area contributed by atoms with Gasteiger partial charge < -0.3 is 72.4 Å². The first kappa shape index (κ1) is 81.7. The first-order valence-corrected chi connectivity index (χ1v) is 38.1. The molecule has 0 bridgehead atoms. The van der Waals surface area contributed by atoms with Gasteiger partial charge in [0, 0.05) is 12.3 Å². The minimum atomic E-state index is -1.18. The SMILES string of the molecule is CCC(=O)N[C@@H](/C=C/C[C@H]1OC(COCc2ccccc2)[C@H](OCc2ccccc2)[C@@H](OCc2ccccc2)C1OCc1ccccc1)[C@H](O)[C@H](O)CC.CC[C@H]1OC(C)(C)O[C@H]1[C@@H](C)/C=C/C[C@H]1OC(COCc2ccccc2)[C@H](OCc2ccccc2)[C@@H](OCc2ccccc2)C1OCc1ccccc1. The molecule has 16 atom stereocenters. The Labute approximate surface area is 634 Å². The molecular weight excluding hydrogens is 1350 g/mol. The highest BCUT2D eigenvalue weighted by molar-refractivity contribution is 5.76. The molecular formula is C91H111NO15. The van der Waals surface area contributed by atoms with Gasteiger partial charge in [-0.3, -0.25) is 4.79 Å². The molecule has 16 nitrogen and oxygen atoms in total. The van der Waals surface area contributed by atoms with Crippen LogP contribution >= 0.6 is 0 Å². The maximum absolute atomic E-state index is 12.4. The zero-order valence-corrected chi connectivity index (χ0v) is 62.9. The highest BCUT2D eigenvalue weighted by Gasteiger charge is 2.50. The lowest BCUT2D eigenvalue weighted by molar-refractivity contribution is -0.271. The monoisotopic (exact) mass is 1460 g/mol. The van der Waals surface area contributed by atoms with Crippen LogP contribution in [0, 0.1) is 5.92 Å². The Morgan fingerprint density at radius 3 is 1.02 bits per heavy atom. The summed E-state index contributed by atoms with van der Waals surface area (Å²) >= 11 is 0. The average molecular weight is 1460 g/mol. The van der Waals surface area contributed by atoms with E-state index < -0.39 is 79.0 Å². The largest absolute Gasteiger partial charge is 0.390 e. The molecule has 107 heavy (non-hydrogen) atoms. The molecule has 0 spiro atoms. The molecule has 0 radical (unpaired) electrons. The molecule has 570 valence electrons. The minimum absolute atomic E-state index is 0.0273. The van der Waals surface area contributed by atoms with Crippen LogP contribution in [0.25, 0.3) is 0 Å². The number of carbonyl (C=O) groups is 1. The molecule has 1 amide bonds. The van der Waals surface area contributed by atoms with Crippen molar-refractivity contribution in [3.05, 3.63) is 311 Å². The molecule has 0 saturated carbocycles. The van der Waals surface area contributed by atoms with Crippen molar-refractivity contribution in [2.45, 2.75) is 224 Å². The van der Waals surface area contributed by atoms with E-state index in [0.29, 0.717) is 78.7 Å². The second-order valence-corrected chi connectivity index (χ2v) is 28.1. The van der Waals surface area contributed by atoms with Crippen molar-refractivity contribution >= 4 is 5.91 Å². The van der Waals surface area contributed by atoms with Crippen LogP contribution in [-0.4, -0.2) is 127 Å². The van der Waals surface area contributed by atoms with E-state index in [1.54, 1.807) is 19.9 Å². The summed E-state index contributed by atoms with van der Waals surface area (Å²) in [5.41, 5.74) is 8.42. The van der Waals surface area contributed by atoms with Crippen molar-refractivity contribution in [3.8, 4) is 0 Å². The lowest BCUT2D eigenvalue weighted by Crippen LogP contribution is -2.61. The van der Waals surface area contributed by atoms with Crippen molar-refractivity contribution < 1.29 is 71.8 Å². The summed E-state index contributed by atoms with van der Waals surface area (Å²) in [6.07, 6.45) is 3.45. The highest BCUT2D eigenvalue weighted by Crippen LogP contribution is 2.37. The molecule has 3 aliphatic rings. The van der Waals surface area contributed by atoms with Gasteiger partial charge in [-0.15, -0.1) is 0 Å². The Morgan fingerprint density at radius 1 is 0.411 bits per heavy atom. The first-order chi connectivity index (χ1) is 52.3. The van der Waals surface area contributed by atoms with Crippen molar-refractivity contribution in [1.82, 2.24) is 5.32 Å². The molecule has 3 aliphatic heterocycles. The Balaban J connectivity index is 0.000000229. The third-order valence-corrected chi connectivity index (χ3v) is 19.5. The van der Waals surface area contributed by atoms with Crippen LogP contribution in [0.2, 0.25) is 0 Å². The number of nitrogens with one attached hydrogen (secondary N) is 1. The zero-order chi connectivity index (χ0) is 74.8. The molecule has 8 aromatic carbocycles. The summed E-state index contributed by atoms with van der Waals surface area (Å²) in [4.78, 5) is 12.4. The maximum Gasteiger partial charge on any atom is 0.220 e. The Morgan fingerprint density at radius 2 is 0.710 bits per heavy atom. The molecule has 3 fully saturated rings. The summed E-state index contributed by atoms with van der Waals surface area (Å²) < 4.78 is 80.1. The molecule has 11 rings (SSSR count). The molecule has 3 heterocycles. The second kappa shape index (κ2) is 44.0. The van der Waals surface area contributed by atoms with Gasteiger partial charge in [-0.25, -0.2) is 0 Å². The van der Waals surface area contributed by atoms with Crippen LogP contribution in [0.4, 0.5) is 0 Å². The van der Waals surface area contributed by atoms with Crippen LogP contribution in [-0.2, 0) is 114 Å². The van der Waals surface area contributed by atoms with Crippen LogP contribution in [0.5, 0.6) is 0 Å². The number of benzene rings is 8. The zero-order valence-electron chi connectivity index (χ0n) is 62.9. The molecule has 4 unspecified atom stereocenters. The van der Waals surface area contributed by atoms with E-state index in [-0.39, 0.29) is 43.2 Å². The fourth-order valence-corrected chi connectivity index (χ4v) is 13.7. The lowest BCUT2D eigenvalue weighted by atomic mass is 9.91. The number of carbonyl (C=O) groups excluding carboxylic acids is 1.